The van der Waals surface area contributed by atoms with Crippen LogP contribution in [-0.4, -0.2) is 95.1 Å². The average molecular weight is 910 g/mol. The first kappa shape index (κ1) is 51.7. The summed E-state index contributed by atoms with van der Waals surface area (Å²) in [6.45, 7) is 33.0. The zero-order valence-electron chi connectivity index (χ0n) is 37.3. The van der Waals surface area contributed by atoms with Crippen LogP contribution in [0.3, 0.4) is 0 Å². The number of hydrogen-bond acceptors (Lipinski definition) is 13. The maximum atomic E-state index is 13.4. The maximum Gasteiger partial charge on any atom is 0.343 e. The molecule has 2 N–H and O–H groups in total. The molecule has 1 unspecified atom stereocenters. The van der Waals surface area contributed by atoms with Crippen molar-refractivity contribution in [3.63, 3.8) is 0 Å². The molecule has 2 aromatic rings. The highest BCUT2D eigenvalue weighted by Gasteiger charge is 2.51. The minimum atomic E-state index is -3.13. The van der Waals surface area contributed by atoms with Crippen LogP contribution in [0.4, 0.5) is 0 Å². The summed E-state index contributed by atoms with van der Waals surface area (Å²) in [4.78, 5) is 69.4. The first-order chi connectivity index (χ1) is 28.0. The monoisotopic (exact) mass is 909 g/mol. The molecule has 1 saturated heterocycles. The van der Waals surface area contributed by atoms with Gasteiger partial charge in [0.15, 0.2) is 10.2 Å². The molecule has 1 aromatic carbocycles. The number of thioether (sulfide) groups is 2. The third kappa shape index (κ3) is 14.7. The van der Waals surface area contributed by atoms with Gasteiger partial charge in [0, 0.05) is 66.0 Å². The predicted octanol–water partition coefficient (Wildman–Crippen LogP) is 7.97. The van der Waals surface area contributed by atoms with Gasteiger partial charge in [-0.2, -0.15) is 0 Å². The van der Waals surface area contributed by atoms with Gasteiger partial charge in [-0.15, -0.1) is 0 Å². The fourth-order valence-corrected chi connectivity index (χ4v) is 14.2. The summed E-state index contributed by atoms with van der Waals surface area (Å²) >= 11 is 2.00. The Morgan fingerprint density at radius 3 is 2.13 bits per heavy atom. The molecular weight excluding hydrogens is 846 g/mol. The van der Waals surface area contributed by atoms with E-state index >= 15 is 0 Å². The summed E-state index contributed by atoms with van der Waals surface area (Å²) in [5, 5.41) is 2.72. The van der Waals surface area contributed by atoms with Crippen LogP contribution in [0.15, 0.2) is 43.8 Å². The Bertz CT molecular complexity index is 1900. The van der Waals surface area contributed by atoms with E-state index < -0.39 is 52.4 Å². The second-order valence-corrected chi connectivity index (χ2v) is 24.8. The second kappa shape index (κ2) is 23.1. The molecule has 1 amide bonds. The highest BCUT2D eigenvalue weighted by Crippen LogP contribution is 2.50. The lowest BCUT2D eigenvalue weighted by Gasteiger charge is -2.44. The third-order valence-corrected chi connectivity index (χ3v) is 18.1. The zero-order valence-corrected chi connectivity index (χ0v) is 40.8. The van der Waals surface area contributed by atoms with Crippen LogP contribution in [0, 0.1) is 13.5 Å². The molecular formula is C41H64N5O10PS2Si. The number of H-pyrrole nitrogens is 1. The Hall–Kier alpha value is -2.69. The number of aromatic nitrogens is 2. The predicted molar refractivity (Wildman–Crippen MR) is 239 cm³/mol. The molecule has 2 heterocycles. The average Bonchev–Trinajstić information content (AvgIpc) is 3.52. The van der Waals surface area contributed by atoms with Crippen LogP contribution in [0.2, 0.25) is 11.1 Å². The Morgan fingerprint density at radius 2 is 1.62 bits per heavy atom. The number of carbonyl (C=O) groups excluding carboxylic acids is 3. The van der Waals surface area contributed by atoms with Crippen molar-refractivity contribution in [2.45, 2.75) is 160 Å². The minimum absolute atomic E-state index is 0.0161. The summed E-state index contributed by atoms with van der Waals surface area (Å²) in [6.07, 6.45) is 0.179. The van der Waals surface area contributed by atoms with Gasteiger partial charge < -0.3 is 32.8 Å². The van der Waals surface area contributed by atoms with Gasteiger partial charge in [0.05, 0.1) is 18.3 Å². The maximum absolute atomic E-state index is 13.4. The van der Waals surface area contributed by atoms with E-state index in [1.807, 2.05) is 13.8 Å². The number of nitrogens with zero attached hydrogens (tertiary/aromatic N) is 3. The highest BCUT2D eigenvalue weighted by molar-refractivity contribution is 8.14. The SMILES string of the molecule is [C-]#[N+]CCOP(O[C@@H]1C[C@H](n2cc(C)c(=O)[nH]c2=O)O[C@@H]1CO[Si](OC(C)(C)CCNC(=O)c1cc(SC(C)=O)cc(SC(C)=O)c1)(C(C)C)C(C)C)N(C(C)C)C(C)C. The molecule has 19 heteroatoms. The van der Waals surface area contributed by atoms with Crippen LogP contribution in [-0.2, 0) is 32.2 Å². The minimum Gasteiger partial charge on any atom is -0.391 e. The smallest absolute Gasteiger partial charge is 0.343 e. The van der Waals surface area contributed by atoms with Crippen LogP contribution in [0.5, 0.6) is 0 Å². The van der Waals surface area contributed by atoms with E-state index in [0.29, 0.717) is 27.3 Å². The normalized spacial score (nSPS) is 17.9. The summed E-state index contributed by atoms with van der Waals surface area (Å²) in [7, 11) is -4.79. The Labute approximate surface area is 365 Å². The largest absolute Gasteiger partial charge is 0.391 e. The molecule has 0 aliphatic carbocycles. The lowest BCUT2D eigenvalue weighted by atomic mass is 10.1. The third-order valence-electron chi connectivity index (χ3n) is 9.71. The number of ether oxygens (including phenoxy) is 1. The number of rotatable bonds is 22. The van der Waals surface area contributed by atoms with Gasteiger partial charge in [-0.05, 0) is 84.2 Å². The summed E-state index contributed by atoms with van der Waals surface area (Å²) < 4.78 is 37.3. The van der Waals surface area contributed by atoms with Crippen molar-refractivity contribution in [3.05, 3.63) is 67.8 Å². The number of carbonyl (C=O) groups is 3. The van der Waals surface area contributed by atoms with Crippen LogP contribution in [0.25, 0.3) is 4.85 Å². The van der Waals surface area contributed by atoms with Gasteiger partial charge in [-0.1, -0.05) is 51.2 Å². The van der Waals surface area contributed by atoms with Crippen molar-refractivity contribution in [2.24, 2.45) is 0 Å². The zero-order chi connectivity index (χ0) is 45.1. The first-order valence-corrected chi connectivity index (χ1v) is 25.1. The Morgan fingerprint density at radius 1 is 1.03 bits per heavy atom. The summed E-state index contributed by atoms with van der Waals surface area (Å²) in [5.41, 5.74) is -1.14. The van der Waals surface area contributed by atoms with E-state index in [1.54, 1.807) is 25.1 Å². The van der Waals surface area contributed by atoms with Crippen molar-refractivity contribution < 1.29 is 37.0 Å². The molecule has 0 radical (unpaired) electrons. The van der Waals surface area contributed by atoms with E-state index in [0.717, 1.165) is 23.5 Å². The Kier molecular flexibility index (Phi) is 19.9. The van der Waals surface area contributed by atoms with Gasteiger partial charge in [-0.25, -0.2) is 16.0 Å². The highest BCUT2D eigenvalue weighted by atomic mass is 32.2. The van der Waals surface area contributed by atoms with Crippen molar-refractivity contribution in [1.29, 1.82) is 0 Å². The van der Waals surface area contributed by atoms with Crippen LogP contribution >= 0.6 is 32.0 Å². The summed E-state index contributed by atoms with van der Waals surface area (Å²) in [5.74, 6) is -0.336. The fourth-order valence-electron chi connectivity index (χ4n) is 7.03. The standard InChI is InChI=1S/C41H64N5O10PS2Si/c1-25(2)46(26(3)4)57(52-18-17-42-14)55-35-22-37(45-23-29(9)38(49)44-40(45)51)54-36(35)24-53-60(27(5)6,28(7)8)56-41(12,13)15-16-43-39(50)32-19-33(58-30(10)47)21-34(20-32)59-31(11)48/h19-21,23,25-28,35-37H,15-18,22,24H2,1-13H3,(H,43,50)(H,44,49,51)/t35-,36-,37-,57?/m1/s1. The molecule has 0 spiro atoms. The van der Waals surface area contributed by atoms with Gasteiger partial charge in [0.1, 0.15) is 18.9 Å². The van der Waals surface area contributed by atoms with E-state index in [9.17, 15) is 24.0 Å². The topological polar surface area (TPSA) is 172 Å². The van der Waals surface area contributed by atoms with E-state index in [1.165, 1.54) is 24.6 Å². The molecule has 1 fully saturated rings. The lowest BCUT2D eigenvalue weighted by molar-refractivity contribution is -0.109. The number of aryl methyl sites for hydroxylation is 1. The van der Waals surface area contributed by atoms with Gasteiger partial charge in [-0.3, -0.25) is 28.7 Å². The number of benzene rings is 1. The molecule has 15 nitrogen and oxygen atoms in total. The van der Waals surface area contributed by atoms with Gasteiger partial charge in [0.2, 0.25) is 6.54 Å². The Balaban J connectivity index is 1.89. The van der Waals surface area contributed by atoms with Crippen molar-refractivity contribution in [3.8, 4) is 0 Å². The van der Waals surface area contributed by atoms with Crippen molar-refractivity contribution >= 4 is 56.7 Å². The van der Waals surface area contributed by atoms with E-state index in [-0.39, 0.29) is 72.0 Å². The van der Waals surface area contributed by atoms with Gasteiger partial charge >= 0.3 is 14.3 Å². The first-order valence-electron chi connectivity index (χ1n) is 20.3. The molecule has 334 valence electrons. The van der Waals surface area contributed by atoms with Crippen molar-refractivity contribution in [2.75, 3.05) is 26.3 Å². The molecule has 3 rings (SSSR count). The molecule has 0 saturated carbocycles. The van der Waals surface area contributed by atoms with Crippen LogP contribution < -0.4 is 16.6 Å². The van der Waals surface area contributed by atoms with E-state index in [4.69, 9.17) is 29.2 Å². The van der Waals surface area contributed by atoms with Crippen molar-refractivity contribution in [1.82, 2.24) is 19.5 Å². The second-order valence-electron chi connectivity index (χ2n) is 16.6. The molecule has 1 aromatic heterocycles. The van der Waals surface area contributed by atoms with Gasteiger partial charge in [0.25, 0.3) is 20.0 Å². The van der Waals surface area contributed by atoms with Crippen LogP contribution in [0.1, 0.15) is 118 Å². The number of nitrogens with one attached hydrogen (secondary N) is 2. The molecule has 1 aliphatic rings. The quantitative estimate of drug-likeness (QED) is 0.0384. The molecule has 0 bridgehead atoms. The number of aromatic amines is 1. The summed E-state index contributed by atoms with van der Waals surface area (Å²) in [6, 6.07) is 5.12. The number of amides is 1. The van der Waals surface area contributed by atoms with E-state index in [2.05, 4.69) is 75.2 Å². The number of hydrogen-bond donors (Lipinski definition) is 2. The lowest BCUT2D eigenvalue weighted by Crippen LogP contribution is -2.55. The fraction of sp³-hybridized carbons (Fsp3) is 0.659. The molecule has 1 aliphatic heterocycles. The molecule has 60 heavy (non-hydrogen) atoms. The molecule has 4 atom stereocenters.